The van der Waals surface area contributed by atoms with Crippen molar-refractivity contribution in [2.45, 2.75) is 16.6 Å². The van der Waals surface area contributed by atoms with Crippen molar-refractivity contribution in [3.05, 3.63) is 5.92 Å². The molecule has 2 heteroatoms. The van der Waals surface area contributed by atoms with E-state index in [9.17, 15) is 0 Å². The lowest BCUT2D eigenvalue weighted by molar-refractivity contribution is 1.39. The highest BCUT2D eigenvalue weighted by atomic mass is 79.9. The normalized spacial score (nSPS) is 30.5. The molecule has 1 aliphatic rings. The minimum absolute atomic E-state index is 0.250. The third-order valence-electron chi connectivity index (χ3n) is 0.987. The van der Waals surface area contributed by atoms with Crippen LogP contribution >= 0.6 is 31.9 Å². The zero-order valence-electron chi connectivity index (χ0n) is 3.46. The van der Waals surface area contributed by atoms with Crippen molar-refractivity contribution in [3.8, 4) is 0 Å². The highest BCUT2D eigenvalue weighted by Gasteiger charge is 2.47. The van der Waals surface area contributed by atoms with Gasteiger partial charge in [-0.05, 0) is 6.42 Å². The average Bonchev–Trinajstić information content (AvgIpc) is 1.73. The number of hydrogen-bond donors (Lipinski definition) is 0. The molecule has 1 aliphatic carbocycles. The third kappa shape index (κ3) is 0.784. The summed E-state index contributed by atoms with van der Waals surface area (Å²) in [4.78, 5) is 0. The molecular weight excluding hydrogens is 208 g/mol. The fraction of sp³-hybridized carbons (Fsp3) is 0.750. The lowest BCUT2D eigenvalue weighted by Crippen LogP contribution is -1.77. The lowest BCUT2D eigenvalue weighted by Gasteiger charge is -1.85. The summed E-state index contributed by atoms with van der Waals surface area (Å²) in [5.74, 6) is 1.49. The van der Waals surface area contributed by atoms with Crippen LogP contribution in [-0.4, -0.2) is 3.23 Å². The molecule has 0 aromatic carbocycles. The largest absolute Gasteiger partial charge is 0.0871 e. The van der Waals surface area contributed by atoms with Crippen molar-refractivity contribution < 1.29 is 0 Å². The van der Waals surface area contributed by atoms with Gasteiger partial charge in [-0.25, -0.2) is 0 Å². The van der Waals surface area contributed by atoms with Crippen LogP contribution in [0.1, 0.15) is 13.3 Å². The van der Waals surface area contributed by atoms with Crippen LogP contribution in [0.4, 0.5) is 0 Å². The monoisotopic (exact) mass is 211 g/mol. The molecule has 0 saturated heterocycles. The van der Waals surface area contributed by atoms with Crippen molar-refractivity contribution in [3.63, 3.8) is 0 Å². The summed E-state index contributed by atoms with van der Waals surface area (Å²) in [5.41, 5.74) is 0. The number of rotatable bonds is 0. The van der Waals surface area contributed by atoms with Gasteiger partial charge < -0.3 is 0 Å². The Morgan fingerprint density at radius 1 is 1.67 bits per heavy atom. The standard InChI is InChI=1S/C4H5Br2/c1-3-2-4(3,5)6/h2H2,1H3. The topological polar surface area (TPSA) is 0 Å². The highest BCUT2D eigenvalue weighted by molar-refractivity contribution is 9.25. The minimum Gasteiger partial charge on any atom is -0.0721 e. The van der Waals surface area contributed by atoms with Crippen molar-refractivity contribution >= 4 is 31.9 Å². The van der Waals surface area contributed by atoms with E-state index in [0.29, 0.717) is 0 Å². The van der Waals surface area contributed by atoms with Gasteiger partial charge in [0.05, 0.1) is 3.23 Å². The molecule has 0 amide bonds. The van der Waals surface area contributed by atoms with Crippen molar-refractivity contribution in [2.75, 3.05) is 0 Å². The maximum atomic E-state index is 3.43. The summed E-state index contributed by atoms with van der Waals surface area (Å²) >= 11 is 6.86. The first-order chi connectivity index (χ1) is 2.63. The van der Waals surface area contributed by atoms with E-state index < -0.39 is 0 Å². The minimum atomic E-state index is 0.250. The maximum absolute atomic E-state index is 3.43. The summed E-state index contributed by atoms with van der Waals surface area (Å²) in [6.45, 7) is 2.13. The molecule has 0 heterocycles. The molecule has 35 valence electrons. The van der Waals surface area contributed by atoms with Crippen LogP contribution in [0.3, 0.4) is 0 Å². The number of halogens is 2. The van der Waals surface area contributed by atoms with E-state index >= 15 is 0 Å². The van der Waals surface area contributed by atoms with Crippen LogP contribution in [0, 0.1) is 5.92 Å². The van der Waals surface area contributed by atoms with Gasteiger partial charge in [0.25, 0.3) is 0 Å². The summed E-state index contributed by atoms with van der Waals surface area (Å²) in [7, 11) is 0. The zero-order valence-corrected chi connectivity index (χ0v) is 6.64. The van der Waals surface area contributed by atoms with E-state index in [1.54, 1.807) is 0 Å². The molecule has 0 aliphatic heterocycles. The molecule has 1 radical (unpaired) electrons. The van der Waals surface area contributed by atoms with E-state index in [4.69, 9.17) is 0 Å². The Hall–Kier alpha value is 0.960. The molecule has 1 saturated carbocycles. The van der Waals surface area contributed by atoms with Gasteiger partial charge in [-0.3, -0.25) is 0 Å². The molecule has 0 N–H and O–H groups in total. The Morgan fingerprint density at radius 3 is 1.83 bits per heavy atom. The molecule has 1 rings (SSSR count). The zero-order chi connectivity index (χ0) is 4.78. The fourth-order valence-electron chi connectivity index (χ4n) is 0.289. The molecule has 0 aromatic heterocycles. The molecule has 0 atom stereocenters. The second kappa shape index (κ2) is 1.22. The predicted octanol–water partition coefficient (Wildman–Crippen LogP) is 2.47. The Kier molecular flexibility index (Phi) is 1.04. The Labute approximate surface area is 54.6 Å². The van der Waals surface area contributed by atoms with E-state index in [1.807, 2.05) is 0 Å². The van der Waals surface area contributed by atoms with Gasteiger partial charge in [0, 0.05) is 5.92 Å². The lowest BCUT2D eigenvalue weighted by atomic mass is 10.5. The first kappa shape index (κ1) is 5.10. The van der Waals surface area contributed by atoms with Crippen LogP contribution < -0.4 is 0 Å². The molecular formula is C4H5Br2. The van der Waals surface area contributed by atoms with Gasteiger partial charge in [-0.2, -0.15) is 0 Å². The molecule has 1 fully saturated rings. The van der Waals surface area contributed by atoms with Crippen LogP contribution in [0.2, 0.25) is 0 Å². The maximum Gasteiger partial charge on any atom is 0.0871 e. The molecule has 0 spiro atoms. The molecule has 0 unspecified atom stereocenters. The fourth-order valence-corrected chi connectivity index (χ4v) is 1.13. The van der Waals surface area contributed by atoms with Gasteiger partial charge >= 0.3 is 0 Å². The Bertz CT molecular complexity index is 67.9. The Balaban J connectivity index is 2.41. The van der Waals surface area contributed by atoms with Crippen LogP contribution in [0.25, 0.3) is 0 Å². The Morgan fingerprint density at radius 2 is 1.83 bits per heavy atom. The van der Waals surface area contributed by atoms with Gasteiger partial charge in [-0.15, -0.1) is 0 Å². The molecule has 6 heavy (non-hydrogen) atoms. The average molecular weight is 213 g/mol. The van der Waals surface area contributed by atoms with Crippen LogP contribution in [0.5, 0.6) is 0 Å². The van der Waals surface area contributed by atoms with Gasteiger partial charge in [0.1, 0.15) is 0 Å². The summed E-state index contributed by atoms with van der Waals surface area (Å²) in [5, 5.41) is 0. The third-order valence-corrected chi connectivity index (χ3v) is 2.90. The van der Waals surface area contributed by atoms with Gasteiger partial charge in [0.2, 0.25) is 0 Å². The van der Waals surface area contributed by atoms with Gasteiger partial charge in [-0.1, -0.05) is 38.8 Å². The van der Waals surface area contributed by atoms with Crippen molar-refractivity contribution in [2.24, 2.45) is 0 Å². The predicted molar refractivity (Wildman–Crippen MR) is 34.1 cm³/mol. The quantitative estimate of drug-likeness (QED) is 0.542. The van der Waals surface area contributed by atoms with E-state index in [0.717, 1.165) is 0 Å². The SMILES string of the molecule is C[C]1CC1(Br)Br. The first-order valence-electron chi connectivity index (χ1n) is 1.84. The molecule has 0 aromatic rings. The van der Waals surface area contributed by atoms with E-state index in [1.165, 1.54) is 12.3 Å². The second-order valence-corrected chi connectivity index (χ2v) is 5.43. The number of alkyl halides is 2. The second-order valence-electron chi connectivity index (χ2n) is 1.66. The van der Waals surface area contributed by atoms with E-state index in [-0.39, 0.29) is 3.23 Å². The van der Waals surface area contributed by atoms with Crippen LogP contribution in [-0.2, 0) is 0 Å². The number of hydrogen-bond acceptors (Lipinski definition) is 0. The highest BCUT2D eigenvalue weighted by Crippen LogP contribution is 2.57. The summed E-state index contributed by atoms with van der Waals surface area (Å²) in [6, 6.07) is 0. The molecule has 0 nitrogen and oxygen atoms in total. The van der Waals surface area contributed by atoms with Gasteiger partial charge in [0.15, 0.2) is 0 Å². The van der Waals surface area contributed by atoms with Crippen molar-refractivity contribution in [1.29, 1.82) is 0 Å². The van der Waals surface area contributed by atoms with Crippen LogP contribution in [0.15, 0.2) is 0 Å². The molecule has 0 bridgehead atoms. The summed E-state index contributed by atoms with van der Waals surface area (Å²) in [6.07, 6.45) is 1.19. The summed E-state index contributed by atoms with van der Waals surface area (Å²) < 4.78 is 0.250. The van der Waals surface area contributed by atoms with Crippen molar-refractivity contribution in [1.82, 2.24) is 0 Å². The van der Waals surface area contributed by atoms with E-state index in [2.05, 4.69) is 38.8 Å². The smallest absolute Gasteiger partial charge is 0.0721 e. The first-order valence-corrected chi connectivity index (χ1v) is 3.42.